The molecule has 1 N–H and O–H groups in total. The molecular formula is C13H26N2O. The Kier molecular flexibility index (Phi) is 4.36. The zero-order chi connectivity index (χ0) is 12.3. The average molecular weight is 226 g/mol. The number of rotatable bonds is 4. The van der Waals surface area contributed by atoms with Gasteiger partial charge < -0.3 is 10.2 Å². The van der Waals surface area contributed by atoms with Crippen molar-refractivity contribution in [2.75, 3.05) is 19.6 Å². The van der Waals surface area contributed by atoms with Crippen LogP contribution in [-0.4, -0.2) is 36.5 Å². The van der Waals surface area contributed by atoms with Gasteiger partial charge in [-0.2, -0.15) is 0 Å². The average Bonchev–Trinajstić information content (AvgIpc) is 2.08. The maximum Gasteiger partial charge on any atom is 0.223 e. The van der Waals surface area contributed by atoms with Crippen molar-refractivity contribution < 1.29 is 4.79 Å². The lowest BCUT2D eigenvalue weighted by atomic mass is 9.80. The van der Waals surface area contributed by atoms with Gasteiger partial charge in [-0.25, -0.2) is 0 Å². The summed E-state index contributed by atoms with van der Waals surface area (Å²) in [5, 5.41) is 3.22. The van der Waals surface area contributed by atoms with Crippen LogP contribution in [0.2, 0.25) is 0 Å². The van der Waals surface area contributed by atoms with Gasteiger partial charge in [0.25, 0.3) is 0 Å². The molecular weight excluding hydrogens is 200 g/mol. The van der Waals surface area contributed by atoms with Gasteiger partial charge in [0, 0.05) is 26.1 Å². The van der Waals surface area contributed by atoms with Gasteiger partial charge in [-0.3, -0.25) is 4.79 Å². The van der Waals surface area contributed by atoms with Crippen LogP contribution in [0.1, 0.15) is 41.0 Å². The molecule has 0 aromatic heterocycles. The monoisotopic (exact) mass is 226 g/mol. The maximum atomic E-state index is 12.2. The molecule has 0 aromatic rings. The molecule has 0 aromatic carbocycles. The molecule has 3 nitrogen and oxygen atoms in total. The fourth-order valence-corrected chi connectivity index (χ4v) is 1.82. The fourth-order valence-electron chi connectivity index (χ4n) is 1.82. The van der Waals surface area contributed by atoms with Crippen molar-refractivity contribution >= 4 is 5.91 Å². The summed E-state index contributed by atoms with van der Waals surface area (Å²) in [6.45, 7) is 13.6. The van der Waals surface area contributed by atoms with Gasteiger partial charge >= 0.3 is 0 Å². The van der Waals surface area contributed by atoms with E-state index < -0.39 is 0 Å². The highest BCUT2D eigenvalue weighted by molar-refractivity contribution is 5.77. The van der Waals surface area contributed by atoms with Gasteiger partial charge in [0.1, 0.15) is 0 Å². The Bertz CT molecular complexity index is 241. The van der Waals surface area contributed by atoms with E-state index >= 15 is 0 Å². The van der Waals surface area contributed by atoms with E-state index in [1.807, 2.05) is 4.90 Å². The first-order chi connectivity index (χ1) is 7.36. The van der Waals surface area contributed by atoms with Crippen molar-refractivity contribution in [1.29, 1.82) is 0 Å². The molecule has 1 amide bonds. The number of hydrogen-bond donors (Lipinski definition) is 1. The van der Waals surface area contributed by atoms with E-state index in [1.165, 1.54) is 0 Å². The second kappa shape index (κ2) is 5.17. The van der Waals surface area contributed by atoms with Gasteiger partial charge in [-0.05, 0) is 18.3 Å². The van der Waals surface area contributed by atoms with Gasteiger partial charge in [-0.15, -0.1) is 0 Å². The third-order valence-electron chi connectivity index (χ3n) is 3.82. The number of carbonyl (C=O) groups excluding carboxylic acids is 1. The van der Waals surface area contributed by atoms with Crippen molar-refractivity contribution in [2.45, 2.75) is 47.1 Å². The minimum atomic E-state index is 0.215. The topological polar surface area (TPSA) is 32.3 Å². The number of amides is 1. The molecule has 1 atom stereocenters. The smallest absolute Gasteiger partial charge is 0.223 e. The summed E-state index contributed by atoms with van der Waals surface area (Å²) in [6.07, 6.45) is 0.674. The normalized spacial score (nSPS) is 19.1. The Labute approximate surface area is 99.6 Å². The first kappa shape index (κ1) is 13.5. The van der Waals surface area contributed by atoms with Crippen LogP contribution in [-0.2, 0) is 4.79 Å². The molecule has 0 aliphatic carbocycles. The SMILES string of the molecule is CCN(C(=O)CC(C)C(C)(C)C)C1CNC1. The first-order valence-corrected chi connectivity index (χ1v) is 6.36. The molecule has 1 rings (SSSR count). The largest absolute Gasteiger partial charge is 0.337 e. The van der Waals surface area contributed by atoms with Crippen molar-refractivity contribution in [3.63, 3.8) is 0 Å². The molecule has 1 aliphatic rings. The molecule has 0 bridgehead atoms. The summed E-state index contributed by atoms with van der Waals surface area (Å²) in [7, 11) is 0. The number of carbonyl (C=O) groups is 1. The molecule has 1 aliphatic heterocycles. The van der Waals surface area contributed by atoms with Crippen LogP contribution < -0.4 is 5.32 Å². The molecule has 1 fully saturated rings. The molecule has 1 saturated heterocycles. The number of nitrogens with zero attached hydrogens (tertiary/aromatic N) is 1. The van der Waals surface area contributed by atoms with Crippen LogP contribution >= 0.6 is 0 Å². The third kappa shape index (κ3) is 3.21. The minimum Gasteiger partial charge on any atom is -0.337 e. The van der Waals surface area contributed by atoms with E-state index in [0.717, 1.165) is 19.6 Å². The van der Waals surface area contributed by atoms with Crippen molar-refractivity contribution in [3.05, 3.63) is 0 Å². The first-order valence-electron chi connectivity index (χ1n) is 6.36. The molecule has 1 unspecified atom stereocenters. The lowest BCUT2D eigenvalue weighted by Crippen LogP contribution is -2.59. The van der Waals surface area contributed by atoms with E-state index in [1.54, 1.807) is 0 Å². The van der Waals surface area contributed by atoms with Crippen LogP contribution in [0, 0.1) is 11.3 Å². The second-order valence-electron chi connectivity index (χ2n) is 5.96. The predicted molar refractivity (Wildman–Crippen MR) is 67.3 cm³/mol. The molecule has 94 valence electrons. The van der Waals surface area contributed by atoms with Gasteiger partial charge in [0.2, 0.25) is 5.91 Å². The third-order valence-corrected chi connectivity index (χ3v) is 3.82. The minimum absolute atomic E-state index is 0.215. The highest BCUT2D eigenvalue weighted by Gasteiger charge is 2.30. The summed E-state index contributed by atoms with van der Waals surface area (Å²) in [4.78, 5) is 14.2. The van der Waals surface area contributed by atoms with Gasteiger partial charge in [0.05, 0.1) is 6.04 Å². The lowest BCUT2D eigenvalue weighted by Gasteiger charge is -2.39. The van der Waals surface area contributed by atoms with Crippen LogP contribution in [0.5, 0.6) is 0 Å². The number of nitrogens with one attached hydrogen (secondary N) is 1. The Morgan fingerprint density at radius 3 is 2.31 bits per heavy atom. The summed E-state index contributed by atoms with van der Waals surface area (Å²) in [5.74, 6) is 0.749. The molecule has 1 heterocycles. The van der Waals surface area contributed by atoms with Crippen LogP contribution in [0.25, 0.3) is 0 Å². The van der Waals surface area contributed by atoms with Crippen molar-refractivity contribution in [1.82, 2.24) is 10.2 Å². The molecule has 0 spiro atoms. The number of likely N-dealkylation sites (N-methyl/N-ethyl adjacent to an activating group) is 1. The van der Waals surface area contributed by atoms with E-state index in [2.05, 4.69) is 39.9 Å². The quantitative estimate of drug-likeness (QED) is 0.794. The van der Waals surface area contributed by atoms with Crippen molar-refractivity contribution in [2.24, 2.45) is 11.3 Å². The Hall–Kier alpha value is -0.570. The molecule has 3 heteroatoms. The fraction of sp³-hybridized carbons (Fsp3) is 0.923. The summed E-state index contributed by atoms with van der Waals surface area (Å²) >= 11 is 0. The summed E-state index contributed by atoms with van der Waals surface area (Å²) < 4.78 is 0. The lowest BCUT2D eigenvalue weighted by molar-refractivity contribution is -0.136. The summed E-state index contributed by atoms with van der Waals surface area (Å²) in [6, 6.07) is 0.435. The van der Waals surface area contributed by atoms with Gasteiger partial charge in [-0.1, -0.05) is 27.7 Å². The van der Waals surface area contributed by atoms with Gasteiger partial charge in [0.15, 0.2) is 0 Å². The highest BCUT2D eigenvalue weighted by Crippen LogP contribution is 2.28. The maximum absolute atomic E-state index is 12.2. The van der Waals surface area contributed by atoms with Crippen LogP contribution in [0.4, 0.5) is 0 Å². The van der Waals surface area contributed by atoms with E-state index in [-0.39, 0.29) is 5.41 Å². The summed E-state index contributed by atoms with van der Waals surface area (Å²) in [5.41, 5.74) is 0.215. The highest BCUT2D eigenvalue weighted by atomic mass is 16.2. The Balaban J connectivity index is 2.49. The van der Waals surface area contributed by atoms with Crippen LogP contribution in [0.3, 0.4) is 0 Å². The Morgan fingerprint density at radius 2 is 2.00 bits per heavy atom. The van der Waals surface area contributed by atoms with E-state index in [0.29, 0.717) is 24.3 Å². The standard InChI is InChI=1S/C13H26N2O/c1-6-15(11-8-14-9-11)12(16)7-10(2)13(3,4)5/h10-11,14H,6-9H2,1-5H3. The zero-order valence-corrected chi connectivity index (χ0v) is 11.3. The second-order valence-corrected chi connectivity index (χ2v) is 5.96. The Morgan fingerprint density at radius 1 is 1.44 bits per heavy atom. The number of hydrogen-bond acceptors (Lipinski definition) is 2. The predicted octanol–water partition coefficient (Wildman–Crippen LogP) is 1.88. The molecule has 16 heavy (non-hydrogen) atoms. The molecule has 0 radical (unpaired) electrons. The van der Waals surface area contributed by atoms with Crippen LogP contribution in [0.15, 0.2) is 0 Å². The van der Waals surface area contributed by atoms with Crippen molar-refractivity contribution in [3.8, 4) is 0 Å². The van der Waals surface area contributed by atoms with E-state index in [4.69, 9.17) is 0 Å². The van der Waals surface area contributed by atoms with E-state index in [9.17, 15) is 4.79 Å². The molecule has 0 saturated carbocycles. The zero-order valence-electron chi connectivity index (χ0n) is 11.3.